The molecule has 0 bridgehead atoms. The second-order valence-electron chi connectivity index (χ2n) is 4.78. The summed E-state index contributed by atoms with van der Waals surface area (Å²) in [6.45, 7) is 3.94. The van der Waals surface area contributed by atoms with Crippen molar-refractivity contribution in [2.24, 2.45) is 7.05 Å². The molecule has 1 aromatic rings. The van der Waals surface area contributed by atoms with Gasteiger partial charge in [-0.1, -0.05) is 12.8 Å². The fourth-order valence-electron chi connectivity index (χ4n) is 2.20. The van der Waals surface area contributed by atoms with Crippen LogP contribution in [0.3, 0.4) is 0 Å². The van der Waals surface area contributed by atoms with Crippen molar-refractivity contribution in [3.05, 3.63) is 11.3 Å². The van der Waals surface area contributed by atoms with Crippen LogP contribution in [0.25, 0.3) is 0 Å². The average molecular weight is 285 g/mol. The normalized spacial score (nSPS) is 10.9. The molecular weight excluding hydrogens is 258 g/mol. The highest BCUT2D eigenvalue weighted by Gasteiger charge is 2.12. The van der Waals surface area contributed by atoms with E-state index >= 15 is 0 Å². The molecule has 1 heterocycles. The molecule has 0 spiro atoms. The average Bonchev–Trinajstić information content (AvgIpc) is 2.66. The summed E-state index contributed by atoms with van der Waals surface area (Å²) in [5, 5.41) is 7.86. The van der Waals surface area contributed by atoms with Gasteiger partial charge in [0.1, 0.15) is 0 Å². The van der Waals surface area contributed by atoms with Crippen LogP contribution in [0.5, 0.6) is 5.88 Å². The van der Waals surface area contributed by atoms with Crippen LogP contribution in [-0.4, -0.2) is 35.4 Å². The molecule has 1 aromatic heterocycles. The molecule has 0 radical (unpaired) electrons. The van der Waals surface area contributed by atoms with E-state index in [0.717, 1.165) is 24.7 Å². The molecule has 0 saturated heterocycles. The zero-order chi connectivity index (χ0) is 14.1. The third-order valence-electron chi connectivity index (χ3n) is 3.24. The molecule has 4 nitrogen and oxygen atoms in total. The maximum absolute atomic E-state index is 5.38. The first-order chi connectivity index (χ1) is 9.20. The standard InChI is InChI=1S/C14H27N3OS/c1-12-13(14(18-3)17(2)16-12)11-15-9-7-5-6-8-10-19-4/h15H,5-11H2,1-4H3. The number of thioether (sulfide) groups is 1. The van der Waals surface area contributed by atoms with Crippen LogP contribution in [0, 0.1) is 6.92 Å². The Kier molecular flexibility index (Phi) is 7.98. The number of ether oxygens (including phenoxy) is 1. The van der Waals surface area contributed by atoms with Gasteiger partial charge in [0, 0.05) is 13.6 Å². The van der Waals surface area contributed by atoms with Crippen molar-refractivity contribution < 1.29 is 4.74 Å². The van der Waals surface area contributed by atoms with Gasteiger partial charge in [-0.15, -0.1) is 0 Å². The Morgan fingerprint density at radius 2 is 2.00 bits per heavy atom. The summed E-state index contributed by atoms with van der Waals surface area (Å²) < 4.78 is 7.18. The van der Waals surface area contributed by atoms with E-state index in [4.69, 9.17) is 4.74 Å². The number of aromatic nitrogens is 2. The number of hydrogen-bond donors (Lipinski definition) is 1. The largest absolute Gasteiger partial charge is 0.481 e. The molecule has 0 saturated carbocycles. The number of rotatable bonds is 10. The molecule has 0 amide bonds. The van der Waals surface area contributed by atoms with Crippen molar-refractivity contribution in [1.29, 1.82) is 0 Å². The van der Waals surface area contributed by atoms with Gasteiger partial charge in [-0.25, -0.2) is 4.68 Å². The van der Waals surface area contributed by atoms with Gasteiger partial charge in [-0.05, 0) is 38.3 Å². The molecule has 5 heteroatoms. The summed E-state index contributed by atoms with van der Waals surface area (Å²) in [6.07, 6.45) is 7.42. The minimum atomic E-state index is 0.841. The summed E-state index contributed by atoms with van der Waals surface area (Å²) >= 11 is 1.94. The second kappa shape index (κ2) is 9.26. The van der Waals surface area contributed by atoms with Crippen LogP contribution in [0.15, 0.2) is 0 Å². The van der Waals surface area contributed by atoms with Crippen LogP contribution in [0.4, 0.5) is 0 Å². The van der Waals surface area contributed by atoms with Gasteiger partial charge < -0.3 is 10.1 Å². The topological polar surface area (TPSA) is 39.1 Å². The molecule has 110 valence electrons. The van der Waals surface area contributed by atoms with Crippen molar-refractivity contribution in [3.8, 4) is 5.88 Å². The van der Waals surface area contributed by atoms with Crippen molar-refractivity contribution in [3.63, 3.8) is 0 Å². The molecule has 0 aliphatic rings. The fourth-order valence-corrected chi connectivity index (χ4v) is 2.70. The number of methoxy groups -OCH3 is 1. The van der Waals surface area contributed by atoms with Gasteiger partial charge in [0.25, 0.3) is 0 Å². The van der Waals surface area contributed by atoms with Crippen molar-refractivity contribution in [2.45, 2.75) is 39.2 Å². The summed E-state index contributed by atoms with van der Waals surface area (Å²) in [5.74, 6) is 2.16. The lowest BCUT2D eigenvalue weighted by atomic mass is 10.2. The van der Waals surface area contributed by atoms with E-state index in [0.29, 0.717) is 0 Å². The Labute approximate surface area is 121 Å². The molecule has 0 fully saturated rings. The van der Waals surface area contributed by atoms with Crippen molar-refractivity contribution in [2.75, 3.05) is 25.7 Å². The Morgan fingerprint density at radius 1 is 1.26 bits per heavy atom. The highest BCUT2D eigenvalue weighted by Crippen LogP contribution is 2.20. The highest BCUT2D eigenvalue weighted by atomic mass is 32.2. The highest BCUT2D eigenvalue weighted by molar-refractivity contribution is 7.98. The number of nitrogens with one attached hydrogen (secondary N) is 1. The van der Waals surface area contributed by atoms with Gasteiger partial charge >= 0.3 is 0 Å². The number of aryl methyl sites for hydroxylation is 2. The predicted molar refractivity (Wildman–Crippen MR) is 83.1 cm³/mol. The van der Waals surface area contributed by atoms with E-state index in [-0.39, 0.29) is 0 Å². The lowest BCUT2D eigenvalue weighted by Crippen LogP contribution is -2.15. The quantitative estimate of drug-likeness (QED) is 0.671. The van der Waals surface area contributed by atoms with Crippen LogP contribution in [-0.2, 0) is 13.6 Å². The molecule has 0 aromatic carbocycles. The van der Waals surface area contributed by atoms with E-state index in [2.05, 4.69) is 16.7 Å². The molecule has 1 N–H and O–H groups in total. The van der Waals surface area contributed by atoms with E-state index in [9.17, 15) is 0 Å². The lowest BCUT2D eigenvalue weighted by molar-refractivity contribution is 0.368. The summed E-state index contributed by atoms with van der Waals surface area (Å²) in [4.78, 5) is 0. The van der Waals surface area contributed by atoms with Gasteiger partial charge in [-0.3, -0.25) is 0 Å². The van der Waals surface area contributed by atoms with Crippen LogP contribution >= 0.6 is 11.8 Å². The van der Waals surface area contributed by atoms with Crippen LogP contribution < -0.4 is 10.1 Å². The van der Waals surface area contributed by atoms with E-state index in [1.165, 1.54) is 37.0 Å². The van der Waals surface area contributed by atoms with Gasteiger partial charge in [-0.2, -0.15) is 16.9 Å². The lowest BCUT2D eigenvalue weighted by Gasteiger charge is -2.07. The summed E-state index contributed by atoms with van der Waals surface area (Å²) in [5.41, 5.74) is 2.22. The molecule has 0 unspecified atom stereocenters. The van der Waals surface area contributed by atoms with E-state index in [1.807, 2.05) is 25.7 Å². The Hall–Kier alpha value is -0.680. The SMILES string of the molecule is COc1c(CNCCCCCCSC)c(C)nn1C. The minimum Gasteiger partial charge on any atom is -0.481 e. The van der Waals surface area contributed by atoms with Crippen molar-refractivity contribution in [1.82, 2.24) is 15.1 Å². The van der Waals surface area contributed by atoms with Gasteiger partial charge in [0.15, 0.2) is 0 Å². The van der Waals surface area contributed by atoms with Gasteiger partial charge in [0.2, 0.25) is 5.88 Å². The summed E-state index contributed by atoms with van der Waals surface area (Å²) in [6, 6.07) is 0. The van der Waals surface area contributed by atoms with Crippen LogP contribution in [0.1, 0.15) is 36.9 Å². The monoisotopic (exact) mass is 285 g/mol. The third kappa shape index (κ3) is 5.45. The maximum Gasteiger partial charge on any atom is 0.216 e. The smallest absolute Gasteiger partial charge is 0.216 e. The first kappa shape index (κ1) is 16.4. The maximum atomic E-state index is 5.38. The van der Waals surface area contributed by atoms with Crippen LogP contribution in [0.2, 0.25) is 0 Å². The molecule has 0 atom stereocenters. The molecule has 0 aliphatic heterocycles. The fraction of sp³-hybridized carbons (Fsp3) is 0.786. The van der Waals surface area contributed by atoms with Crippen molar-refractivity contribution >= 4 is 11.8 Å². The summed E-state index contributed by atoms with van der Waals surface area (Å²) in [7, 11) is 3.62. The first-order valence-electron chi connectivity index (χ1n) is 6.96. The number of nitrogens with zero attached hydrogens (tertiary/aromatic N) is 2. The predicted octanol–water partition coefficient (Wildman–Crippen LogP) is 2.75. The number of unbranched alkanes of at least 4 members (excludes halogenated alkanes) is 3. The zero-order valence-corrected chi connectivity index (χ0v) is 13.5. The minimum absolute atomic E-state index is 0.841. The molecular formula is C14H27N3OS. The Morgan fingerprint density at radius 3 is 2.68 bits per heavy atom. The molecule has 19 heavy (non-hydrogen) atoms. The zero-order valence-electron chi connectivity index (χ0n) is 12.7. The number of hydrogen-bond acceptors (Lipinski definition) is 4. The van der Waals surface area contributed by atoms with Gasteiger partial charge in [0.05, 0.1) is 18.4 Å². The van der Waals surface area contributed by atoms with E-state index < -0.39 is 0 Å². The van der Waals surface area contributed by atoms with E-state index in [1.54, 1.807) is 11.8 Å². The third-order valence-corrected chi connectivity index (χ3v) is 3.93. The Bertz CT molecular complexity index is 366. The Balaban J connectivity index is 2.19. The molecule has 0 aliphatic carbocycles. The first-order valence-corrected chi connectivity index (χ1v) is 8.36. The molecule has 1 rings (SSSR count). The second-order valence-corrected chi connectivity index (χ2v) is 5.77.